The van der Waals surface area contributed by atoms with Crippen LogP contribution in [0.1, 0.15) is 54.9 Å². The van der Waals surface area contributed by atoms with Gasteiger partial charge in [-0.2, -0.15) is 5.10 Å². The molecule has 1 aromatic carbocycles. The lowest BCUT2D eigenvalue weighted by Gasteiger charge is -2.11. The molecule has 2 N–H and O–H groups in total. The molecule has 1 heterocycles. The first-order valence-corrected chi connectivity index (χ1v) is 9.36. The maximum absolute atomic E-state index is 12.4. The molecule has 2 aromatic rings. The van der Waals surface area contributed by atoms with Gasteiger partial charge in [0, 0.05) is 42.0 Å². The molecular weight excluding hydrogens is 328 g/mol. The normalized spacial score (nSPS) is 14.3. The van der Waals surface area contributed by atoms with E-state index in [1.165, 1.54) is 0 Å². The number of aromatic nitrogens is 2. The van der Waals surface area contributed by atoms with Crippen molar-refractivity contribution in [2.45, 2.75) is 52.1 Å². The Hall–Kier alpha value is -2.63. The van der Waals surface area contributed by atoms with Crippen LogP contribution in [0, 0.1) is 5.92 Å². The first-order chi connectivity index (χ1) is 12.7. The van der Waals surface area contributed by atoms with Gasteiger partial charge in [0.25, 0.3) is 5.91 Å². The number of hydrogen-bond acceptors (Lipinski definition) is 3. The van der Waals surface area contributed by atoms with Crippen LogP contribution in [0.15, 0.2) is 36.7 Å². The van der Waals surface area contributed by atoms with Crippen molar-refractivity contribution < 1.29 is 9.59 Å². The van der Waals surface area contributed by atoms with E-state index < -0.39 is 0 Å². The molecule has 1 fully saturated rings. The topological polar surface area (TPSA) is 76.0 Å². The highest BCUT2D eigenvalue weighted by Gasteiger charge is 2.22. The Morgan fingerprint density at radius 1 is 1.27 bits per heavy atom. The minimum absolute atomic E-state index is 0.0587. The second kappa shape index (κ2) is 8.65. The van der Waals surface area contributed by atoms with Crippen LogP contribution in [0.5, 0.6) is 0 Å². The van der Waals surface area contributed by atoms with E-state index in [2.05, 4.69) is 22.7 Å². The van der Waals surface area contributed by atoms with Crippen molar-refractivity contribution in [3.63, 3.8) is 0 Å². The SMILES string of the molecule is CCCn1cc(CNC(=O)c2cccc(NC(=O)C3CCCC3)c2)cn1. The van der Waals surface area contributed by atoms with Gasteiger partial charge in [0.1, 0.15) is 0 Å². The molecule has 3 rings (SSSR count). The Morgan fingerprint density at radius 3 is 2.85 bits per heavy atom. The number of amides is 2. The summed E-state index contributed by atoms with van der Waals surface area (Å²) < 4.78 is 1.88. The largest absolute Gasteiger partial charge is 0.348 e. The van der Waals surface area contributed by atoms with E-state index >= 15 is 0 Å². The number of nitrogens with one attached hydrogen (secondary N) is 2. The fraction of sp³-hybridized carbons (Fsp3) is 0.450. The summed E-state index contributed by atoms with van der Waals surface area (Å²) in [6.45, 7) is 3.40. The quantitative estimate of drug-likeness (QED) is 0.800. The van der Waals surface area contributed by atoms with Gasteiger partial charge in [0.2, 0.25) is 5.91 Å². The molecule has 26 heavy (non-hydrogen) atoms. The lowest BCUT2D eigenvalue weighted by atomic mass is 10.1. The van der Waals surface area contributed by atoms with Crippen LogP contribution in [0.25, 0.3) is 0 Å². The van der Waals surface area contributed by atoms with Crippen molar-refractivity contribution in [2.75, 3.05) is 5.32 Å². The molecule has 6 nitrogen and oxygen atoms in total. The number of nitrogens with zero attached hydrogens (tertiary/aromatic N) is 2. The molecule has 0 atom stereocenters. The van der Waals surface area contributed by atoms with E-state index in [1.807, 2.05) is 16.9 Å². The van der Waals surface area contributed by atoms with E-state index in [0.29, 0.717) is 17.8 Å². The maximum atomic E-state index is 12.4. The van der Waals surface area contributed by atoms with Gasteiger partial charge in [-0.3, -0.25) is 14.3 Å². The average molecular weight is 354 g/mol. The second-order valence-corrected chi connectivity index (χ2v) is 6.85. The Balaban J connectivity index is 1.56. The van der Waals surface area contributed by atoms with Gasteiger partial charge in [-0.25, -0.2) is 0 Å². The van der Waals surface area contributed by atoms with E-state index in [1.54, 1.807) is 24.4 Å². The summed E-state index contributed by atoms with van der Waals surface area (Å²) in [5.74, 6) is 0.000688. The smallest absolute Gasteiger partial charge is 0.251 e. The molecule has 1 aliphatic carbocycles. The van der Waals surface area contributed by atoms with Gasteiger partial charge in [-0.1, -0.05) is 25.8 Å². The predicted molar refractivity (Wildman–Crippen MR) is 101 cm³/mol. The van der Waals surface area contributed by atoms with Crippen LogP contribution in [0.3, 0.4) is 0 Å². The first-order valence-electron chi connectivity index (χ1n) is 9.36. The summed E-state index contributed by atoms with van der Waals surface area (Å²) in [7, 11) is 0. The third-order valence-electron chi connectivity index (χ3n) is 4.71. The number of rotatable bonds is 7. The van der Waals surface area contributed by atoms with Gasteiger partial charge in [0.05, 0.1) is 6.20 Å². The standard InChI is InChI=1S/C20H26N4O2/c1-2-10-24-14-15(13-22-24)12-21-19(25)17-8-5-9-18(11-17)23-20(26)16-6-3-4-7-16/h5,8-9,11,13-14,16H,2-4,6-7,10,12H2,1H3,(H,21,25)(H,23,26). The van der Waals surface area contributed by atoms with Gasteiger partial charge in [-0.05, 0) is 37.5 Å². The van der Waals surface area contributed by atoms with Crippen LogP contribution in [0.2, 0.25) is 0 Å². The maximum Gasteiger partial charge on any atom is 0.251 e. The van der Waals surface area contributed by atoms with E-state index in [4.69, 9.17) is 0 Å². The van der Waals surface area contributed by atoms with Crippen molar-refractivity contribution in [3.8, 4) is 0 Å². The number of aryl methyl sites for hydroxylation is 1. The molecule has 0 saturated heterocycles. The van der Waals surface area contributed by atoms with E-state index in [9.17, 15) is 9.59 Å². The highest BCUT2D eigenvalue weighted by molar-refractivity contribution is 5.97. The Labute approximate surface area is 154 Å². The number of anilines is 1. The van der Waals surface area contributed by atoms with Crippen LogP contribution < -0.4 is 10.6 Å². The van der Waals surface area contributed by atoms with Gasteiger partial charge in [-0.15, -0.1) is 0 Å². The summed E-state index contributed by atoms with van der Waals surface area (Å²) in [6.07, 6.45) is 8.89. The summed E-state index contributed by atoms with van der Waals surface area (Å²) in [4.78, 5) is 24.6. The lowest BCUT2D eigenvalue weighted by Crippen LogP contribution is -2.23. The molecule has 1 aliphatic rings. The first kappa shape index (κ1) is 18.2. The highest BCUT2D eigenvalue weighted by Crippen LogP contribution is 2.26. The van der Waals surface area contributed by atoms with Crippen LogP contribution in [0.4, 0.5) is 5.69 Å². The molecule has 6 heteroatoms. The molecule has 2 amide bonds. The second-order valence-electron chi connectivity index (χ2n) is 6.85. The van der Waals surface area contributed by atoms with Crippen molar-refractivity contribution >= 4 is 17.5 Å². The fourth-order valence-corrected chi connectivity index (χ4v) is 3.30. The number of benzene rings is 1. The summed E-state index contributed by atoms with van der Waals surface area (Å²) >= 11 is 0. The average Bonchev–Trinajstić information content (AvgIpc) is 3.32. The molecule has 1 saturated carbocycles. The lowest BCUT2D eigenvalue weighted by molar-refractivity contribution is -0.119. The molecule has 0 unspecified atom stereocenters. The molecule has 0 spiro atoms. The number of carbonyl (C=O) groups excluding carboxylic acids is 2. The van der Waals surface area contributed by atoms with Crippen molar-refractivity contribution in [2.24, 2.45) is 5.92 Å². The van der Waals surface area contributed by atoms with Gasteiger partial charge in [0.15, 0.2) is 0 Å². The zero-order chi connectivity index (χ0) is 18.4. The van der Waals surface area contributed by atoms with Crippen LogP contribution >= 0.6 is 0 Å². The fourth-order valence-electron chi connectivity index (χ4n) is 3.30. The molecule has 1 aromatic heterocycles. The van der Waals surface area contributed by atoms with Crippen molar-refractivity contribution in [1.82, 2.24) is 15.1 Å². The van der Waals surface area contributed by atoms with Gasteiger partial charge >= 0.3 is 0 Å². The number of carbonyl (C=O) groups is 2. The molecular formula is C20H26N4O2. The Kier molecular flexibility index (Phi) is 6.04. The molecule has 0 radical (unpaired) electrons. The van der Waals surface area contributed by atoms with Crippen molar-refractivity contribution in [1.29, 1.82) is 0 Å². The van der Waals surface area contributed by atoms with Gasteiger partial charge < -0.3 is 10.6 Å². The van der Waals surface area contributed by atoms with E-state index in [0.717, 1.165) is 44.2 Å². The zero-order valence-electron chi connectivity index (χ0n) is 15.2. The molecule has 0 aliphatic heterocycles. The molecule has 0 bridgehead atoms. The zero-order valence-corrected chi connectivity index (χ0v) is 15.2. The Bertz CT molecular complexity index is 763. The summed E-state index contributed by atoms with van der Waals surface area (Å²) in [5.41, 5.74) is 2.18. The monoisotopic (exact) mass is 354 g/mol. The van der Waals surface area contributed by atoms with Crippen LogP contribution in [-0.2, 0) is 17.9 Å². The minimum Gasteiger partial charge on any atom is -0.348 e. The predicted octanol–water partition coefficient (Wildman–Crippen LogP) is 3.35. The summed E-state index contributed by atoms with van der Waals surface area (Å²) in [6, 6.07) is 7.08. The Morgan fingerprint density at radius 2 is 2.08 bits per heavy atom. The summed E-state index contributed by atoms with van der Waals surface area (Å²) in [5, 5.41) is 10.1. The van der Waals surface area contributed by atoms with Crippen LogP contribution in [-0.4, -0.2) is 21.6 Å². The minimum atomic E-state index is -0.162. The third kappa shape index (κ3) is 4.71. The third-order valence-corrected chi connectivity index (χ3v) is 4.71. The molecule has 138 valence electrons. The highest BCUT2D eigenvalue weighted by atomic mass is 16.2. The van der Waals surface area contributed by atoms with E-state index in [-0.39, 0.29) is 17.7 Å². The number of hydrogen-bond donors (Lipinski definition) is 2. The van der Waals surface area contributed by atoms with Crippen molar-refractivity contribution in [3.05, 3.63) is 47.8 Å².